The molecule has 2 atom stereocenters. The van der Waals surface area contributed by atoms with Crippen LogP contribution in [0.1, 0.15) is 11.7 Å². The molecule has 0 saturated carbocycles. The molecule has 1 aromatic carbocycles. The number of carbonyl (C=O) groups excluding carboxylic acids is 1. The van der Waals surface area contributed by atoms with Crippen molar-refractivity contribution in [1.82, 2.24) is 0 Å². The summed E-state index contributed by atoms with van der Waals surface area (Å²) in [5, 5.41) is 10.7. The molecule has 98 valence electrons. The number of hydrogen-bond acceptors (Lipinski definition) is 4. The van der Waals surface area contributed by atoms with Gasteiger partial charge in [-0.05, 0) is 17.7 Å². The smallest absolute Gasteiger partial charge is 0.319 e. The Balaban J connectivity index is 3.02. The van der Waals surface area contributed by atoms with Crippen molar-refractivity contribution in [2.75, 3.05) is 14.2 Å². The fraction of sp³-hybridized carbons (Fsp3) is 0.308. The number of esters is 1. The lowest BCUT2D eigenvalue weighted by Crippen LogP contribution is -2.26. The first-order chi connectivity index (χ1) is 8.51. The molecule has 1 rings (SSSR count). The van der Waals surface area contributed by atoms with Crippen LogP contribution in [0.25, 0.3) is 0 Å². The van der Waals surface area contributed by atoms with Crippen molar-refractivity contribution in [1.29, 1.82) is 0 Å². The maximum absolute atomic E-state index is 11.6. The highest BCUT2D eigenvalue weighted by Gasteiger charge is 2.32. The van der Waals surface area contributed by atoms with Crippen molar-refractivity contribution in [3.8, 4) is 0 Å². The maximum Gasteiger partial charge on any atom is 0.319 e. The van der Waals surface area contributed by atoms with Gasteiger partial charge in [-0.25, -0.2) is 0 Å². The van der Waals surface area contributed by atoms with Gasteiger partial charge in [-0.15, -0.1) is 0 Å². The van der Waals surface area contributed by atoms with Crippen molar-refractivity contribution in [3.05, 3.63) is 47.2 Å². The molecule has 5 heteroatoms. The standard InChI is InChI=1S/C13H15ClO4/c1-8(17-2)11(13(16)18-3)12(15)9-4-6-10(14)7-5-9/h4-7,11-12,15H,1H2,2-3H3/t11-,12-/m1/s1. The van der Waals surface area contributed by atoms with Gasteiger partial charge in [0.05, 0.1) is 20.3 Å². The molecule has 0 heterocycles. The van der Waals surface area contributed by atoms with Gasteiger partial charge in [-0.2, -0.15) is 0 Å². The van der Waals surface area contributed by atoms with Gasteiger partial charge in [-0.1, -0.05) is 30.3 Å². The molecule has 0 saturated heterocycles. The summed E-state index contributed by atoms with van der Waals surface area (Å²) in [5.74, 6) is -1.44. The summed E-state index contributed by atoms with van der Waals surface area (Å²) in [6.45, 7) is 3.60. The van der Waals surface area contributed by atoms with Crippen LogP contribution in [0, 0.1) is 5.92 Å². The van der Waals surface area contributed by atoms with Gasteiger partial charge >= 0.3 is 5.97 Å². The lowest BCUT2D eigenvalue weighted by molar-refractivity contribution is -0.149. The Kier molecular flexibility index (Phi) is 5.19. The molecule has 0 unspecified atom stereocenters. The molecule has 0 aliphatic heterocycles. The van der Waals surface area contributed by atoms with Gasteiger partial charge in [0.25, 0.3) is 0 Å². The van der Waals surface area contributed by atoms with Crippen molar-refractivity contribution < 1.29 is 19.4 Å². The summed E-state index contributed by atoms with van der Waals surface area (Å²) >= 11 is 5.76. The van der Waals surface area contributed by atoms with Gasteiger partial charge < -0.3 is 14.6 Å². The number of halogens is 1. The largest absolute Gasteiger partial charge is 0.501 e. The van der Waals surface area contributed by atoms with E-state index in [-0.39, 0.29) is 5.76 Å². The highest BCUT2D eigenvalue weighted by atomic mass is 35.5. The van der Waals surface area contributed by atoms with Crippen LogP contribution in [0.5, 0.6) is 0 Å². The van der Waals surface area contributed by atoms with Crippen LogP contribution in [-0.2, 0) is 14.3 Å². The van der Waals surface area contributed by atoms with Gasteiger partial charge in [0.2, 0.25) is 0 Å². The minimum Gasteiger partial charge on any atom is -0.501 e. The first-order valence-corrected chi connectivity index (χ1v) is 5.63. The quantitative estimate of drug-likeness (QED) is 0.659. The Morgan fingerprint density at radius 1 is 1.28 bits per heavy atom. The molecule has 1 N–H and O–H groups in total. The third-order valence-electron chi connectivity index (χ3n) is 2.59. The average Bonchev–Trinajstić information content (AvgIpc) is 2.39. The lowest BCUT2D eigenvalue weighted by Gasteiger charge is -2.22. The van der Waals surface area contributed by atoms with Gasteiger partial charge in [-0.3, -0.25) is 4.79 Å². The van der Waals surface area contributed by atoms with E-state index in [1.807, 2.05) is 0 Å². The van der Waals surface area contributed by atoms with E-state index in [4.69, 9.17) is 16.3 Å². The van der Waals surface area contributed by atoms with E-state index in [9.17, 15) is 9.90 Å². The Morgan fingerprint density at radius 2 is 1.83 bits per heavy atom. The predicted molar refractivity (Wildman–Crippen MR) is 68.1 cm³/mol. The number of carbonyl (C=O) groups is 1. The molecular weight excluding hydrogens is 256 g/mol. The fourth-order valence-corrected chi connectivity index (χ4v) is 1.67. The second-order valence-electron chi connectivity index (χ2n) is 3.67. The van der Waals surface area contributed by atoms with Gasteiger partial charge in [0.1, 0.15) is 11.7 Å². The van der Waals surface area contributed by atoms with E-state index >= 15 is 0 Å². The number of ether oxygens (including phenoxy) is 2. The number of aliphatic hydroxyl groups is 1. The van der Waals surface area contributed by atoms with Crippen molar-refractivity contribution in [2.24, 2.45) is 5.92 Å². The van der Waals surface area contributed by atoms with Crippen LogP contribution in [-0.4, -0.2) is 25.3 Å². The van der Waals surface area contributed by atoms with E-state index in [0.717, 1.165) is 0 Å². The second-order valence-corrected chi connectivity index (χ2v) is 4.10. The third-order valence-corrected chi connectivity index (χ3v) is 2.84. The average molecular weight is 271 g/mol. The summed E-state index contributed by atoms with van der Waals surface area (Å²) in [5.41, 5.74) is 0.535. The first kappa shape index (κ1) is 14.5. The molecular formula is C13H15ClO4. The van der Waals surface area contributed by atoms with Crippen molar-refractivity contribution in [3.63, 3.8) is 0 Å². The normalized spacial score (nSPS) is 13.6. The Morgan fingerprint density at radius 3 is 2.28 bits per heavy atom. The van der Waals surface area contributed by atoms with Crippen molar-refractivity contribution >= 4 is 17.6 Å². The van der Waals surface area contributed by atoms with Crippen LogP contribution in [0.3, 0.4) is 0 Å². The topological polar surface area (TPSA) is 55.8 Å². The molecule has 0 spiro atoms. The minimum atomic E-state index is -1.10. The zero-order valence-corrected chi connectivity index (χ0v) is 11.0. The van der Waals surface area contributed by atoms with E-state index in [1.165, 1.54) is 14.2 Å². The summed E-state index contributed by atoms with van der Waals surface area (Å²) in [6, 6.07) is 6.52. The number of aliphatic hydroxyl groups excluding tert-OH is 1. The monoisotopic (exact) mass is 270 g/mol. The molecule has 4 nitrogen and oxygen atoms in total. The van der Waals surface area contributed by atoms with Crippen LogP contribution in [0.2, 0.25) is 5.02 Å². The van der Waals surface area contributed by atoms with E-state index in [1.54, 1.807) is 24.3 Å². The number of benzene rings is 1. The fourth-order valence-electron chi connectivity index (χ4n) is 1.54. The number of methoxy groups -OCH3 is 2. The molecule has 0 bridgehead atoms. The molecule has 0 aromatic heterocycles. The molecule has 18 heavy (non-hydrogen) atoms. The van der Waals surface area contributed by atoms with Gasteiger partial charge in [0, 0.05) is 5.02 Å². The van der Waals surface area contributed by atoms with Crippen LogP contribution >= 0.6 is 11.6 Å². The Bertz CT molecular complexity index is 411. The van der Waals surface area contributed by atoms with Crippen LogP contribution in [0.15, 0.2) is 36.6 Å². The minimum absolute atomic E-state index is 0.143. The second kappa shape index (κ2) is 6.42. The van der Waals surface area contributed by atoms with Crippen LogP contribution in [0.4, 0.5) is 0 Å². The van der Waals surface area contributed by atoms with E-state index in [2.05, 4.69) is 11.3 Å². The lowest BCUT2D eigenvalue weighted by atomic mass is 9.94. The summed E-state index contributed by atoms with van der Waals surface area (Å²) in [4.78, 5) is 11.6. The summed E-state index contributed by atoms with van der Waals surface area (Å²) in [6.07, 6.45) is -1.10. The number of rotatable bonds is 5. The zero-order chi connectivity index (χ0) is 13.7. The first-order valence-electron chi connectivity index (χ1n) is 5.25. The highest BCUT2D eigenvalue weighted by Crippen LogP contribution is 2.29. The summed E-state index contributed by atoms with van der Waals surface area (Å²) < 4.78 is 9.56. The van der Waals surface area contributed by atoms with Gasteiger partial charge in [0.15, 0.2) is 0 Å². The highest BCUT2D eigenvalue weighted by molar-refractivity contribution is 6.30. The maximum atomic E-state index is 11.6. The SMILES string of the molecule is C=C(OC)[C@@H](C(=O)OC)[C@H](O)c1ccc(Cl)cc1. The van der Waals surface area contributed by atoms with Crippen molar-refractivity contribution in [2.45, 2.75) is 6.10 Å². The molecule has 0 amide bonds. The summed E-state index contributed by atoms with van der Waals surface area (Å²) in [7, 11) is 2.62. The molecule has 0 aliphatic carbocycles. The molecule has 0 aliphatic rings. The van der Waals surface area contributed by atoms with Crippen LogP contribution < -0.4 is 0 Å². The molecule has 0 fully saturated rings. The van der Waals surface area contributed by atoms with E-state index in [0.29, 0.717) is 10.6 Å². The predicted octanol–water partition coefficient (Wildman–Crippen LogP) is 2.32. The molecule has 1 aromatic rings. The Hall–Kier alpha value is -1.52. The molecule has 0 radical (unpaired) electrons. The van der Waals surface area contributed by atoms with E-state index < -0.39 is 18.0 Å². The Labute approximate surface area is 111 Å². The third kappa shape index (κ3) is 3.24. The zero-order valence-electron chi connectivity index (χ0n) is 10.2. The number of hydrogen-bond donors (Lipinski definition) is 1.